The minimum absolute atomic E-state index is 0.133. The van der Waals surface area contributed by atoms with E-state index in [0.717, 1.165) is 13.1 Å². The van der Waals surface area contributed by atoms with Gasteiger partial charge in [-0.05, 0) is 69.5 Å². The largest absolute Gasteiger partial charge is 0.305 e. The van der Waals surface area contributed by atoms with Gasteiger partial charge in [-0.1, -0.05) is 0 Å². The van der Waals surface area contributed by atoms with Gasteiger partial charge < -0.3 is 4.90 Å². The standard InChI is InChI=1S/C11H24N2O2S.C6H15N/c1-10(2)16(14,15)13-8-6-12(7-9-13)11(3,4)5;1-6(2,3)7(4)5/h10H,6-9H2,1-5H3;1-5H3. The zero-order valence-electron chi connectivity index (χ0n) is 17.0. The van der Waals surface area contributed by atoms with E-state index in [4.69, 9.17) is 0 Å². The van der Waals surface area contributed by atoms with Crippen molar-refractivity contribution < 1.29 is 8.42 Å². The maximum atomic E-state index is 11.9. The van der Waals surface area contributed by atoms with Crippen molar-refractivity contribution in [3.05, 3.63) is 0 Å². The Morgan fingerprint density at radius 3 is 1.43 bits per heavy atom. The molecule has 0 atom stereocenters. The Kier molecular flexibility index (Phi) is 8.21. The number of rotatable bonds is 2. The van der Waals surface area contributed by atoms with Crippen LogP contribution in [0.4, 0.5) is 0 Å². The van der Waals surface area contributed by atoms with E-state index in [0.29, 0.717) is 18.6 Å². The Hall–Kier alpha value is -0.170. The first-order valence-electron chi connectivity index (χ1n) is 8.51. The summed E-state index contributed by atoms with van der Waals surface area (Å²) in [6.45, 7) is 19.4. The summed E-state index contributed by atoms with van der Waals surface area (Å²) in [6.07, 6.45) is 0. The SMILES string of the molecule is CC(C)S(=O)(=O)N1CCN(C(C)(C)C)CC1.CN(C)C(C)(C)C. The molecule has 0 aromatic carbocycles. The normalized spacial score (nSPS) is 19.0. The minimum Gasteiger partial charge on any atom is -0.305 e. The molecule has 0 aromatic heterocycles. The van der Waals surface area contributed by atoms with Crippen molar-refractivity contribution in [1.82, 2.24) is 14.1 Å². The van der Waals surface area contributed by atoms with Crippen molar-refractivity contribution >= 4 is 10.0 Å². The molecule has 0 spiro atoms. The van der Waals surface area contributed by atoms with Crippen LogP contribution < -0.4 is 0 Å². The maximum absolute atomic E-state index is 11.9. The van der Waals surface area contributed by atoms with E-state index >= 15 is 0 Å². The molecule has 6 heteroatoms. The molecule has 0 aliphatic carbocycles. The summed E-state index contributed by atoms with van der Waals surface area (Å²) in [4.78, 5) is 4.52. The third kappa shape index (κ3) is 7.50. The van der Waals surface area contributed by atoms with E-state index in [1.54, 1.807) is 18.2 Å². The van der Waals surface area contributed by atoms with Gasteiger partial charge in [-0.2, -0.15) is 4.31 Å². The van der Waals surface area contributed by atoms with Crippen molar-refractivity contribution in [2.45, 2.75) is 71.7 Å². The van der Waals surface area contributed by atoms with Crippen molar-refractivity contribution in [2.24, 2.45) is 0 Å². The van der Waals surface area contributed by atoms with Crippen LogP contribution in [0.1, 0.15) is 55.4 Å². The molecule has 0 saturated carbocycles. The molecular formula is C17H39N3O2S. The number of sulfonamides is 1. The highest BCUT2D eigenvalue weighted by Gasteiger charge is 2.32. The van der Waals surface area contributed by atoms with Crippen molar-refractivity contribution in [2.75, 3.05) is 40.3 Å². The highest BCUT2D eigenvalue weighted by Crippen LogP contribution is 2.18. The molecular weight excluding hydrogens is 310 g/mol. The van der Waals surface area contributed by atoms with E-state index in [2.05, 4.69) is 65.4 Å². The van der Waals surface area contributed by atoms with Gasteiger partial charge in [0.05, 0.1) is 5.25 Å². The monoisotopic (exact) mass is 349 g/mol. The Morgan fingerprint density at radius 2 is 1.22 bits per heavy atom. The molecule has 0 bridgehead atoms. The highest BCUT2D eigenvalue weighted by molar-refractivity contribution is 7.89. The second-order valence-electron chi connectivity index (χ2n) is 8.72. The van der Waals surface area contributed by atoms with Crippen LogP contribution in [0.2, 0.25) is 0 Å². The van der Waals surface area contributed by atoms with Crippen LogP contribution in [0.25, 0.3) is 0 Å². The van der Waals surface area contributed by atoms with Crippen LogP contribution in [-0.4, -0.2) is 79.1 Å². The van der Waals surface area contributed by atoms with E-state index in [-0.39, 0.29) is 10.8 Å². The zero-order chi connectivity index (χ0) is 18.6. The van der Waals surface area contributed by atoms with Gasteiger partial charge in [0, 0.05) is 37.3 Å². The molecule has 1 heterocycles. The average Bonchev–Trinajstić information content (AvgIpc) is 2.37. The fourth-order valence-electron chi connectivity index (χ4n) is 1.91. The molecule has 1 saturated heterocycles. The lowest BCUT2D eigenvalue weighted by atomic mass is 10.1. The predicted molar refractivity (Wildman–Crippen MR) is 100 cm³/mol. The first kappa shape index (κ1) is 22.8. The lowest BCUT2D eigenvalue weighted by Crippen LogP contribution is -2.55. The first-order valence-corrected chi connectivity index (χ1v) is 10.0. The lowest BCUT2D eigenvalue weighted by molar-refractivity contribution is 0.0919. The third-order valence-electron chi connectivity index (χ3n) is 4.48. The topological polar surface area (TPSA) is 43.9 Å². The molecule has 0 N–H and O–H groups in total. The van der Waals surface area contributed by atoms with E-state index in [1.165, 1.54) is 0 Å². The van der Waals surface area contributed by atoms with Crippen LogP contribution in [-0.2, 0) is 10.0 Å². The quantitative estimate of drug-likeness (QED) is 0.768. The Balaban J connectivity index is 0.000000585. The molecule has 140 valence electrons. The maximum Gasteiger partial charge on any atom is 0.216 e. The summed E-state index contributed by atoms with van der Waals surface area (Å²) in [5.41, 5.74) is 0.466. The predicted octanol–water partition coefficient (Wildman–Crippen LogP) is 2.49. The molecule has 1 aliphatic heterocycles. The van der Waals surface area contributed by atoms with Crippen molar-refractivity contribution in [3.63, 3.8) is 0 Å². The molecule has 1 fully saturated rings. The summed E-state index contributed by atoms with van der Waals surface area (Å²) >= 11 is 0. The summed E-state index contributed by atoms with van der Waals surface area (Å²) in [7, 11) is 1.10. The van der Waals surface area contributed by atoms with Gasteiger partial charge in [-0.3, -0.25) is 4.90 Å². The number of piperazine rings is 1. The van der Waals surface area contributed by atoms with Crippen molar-refractivity contribution in [3.8, 4) is 0 Å². The second-order valence-corrected chi connectivity index (χ2v) is 11.2. The van der Waals surface area contributed by atoms with Gasteiger partial charge in [0.25, 0.3) is 0 Å². The van der Waals surface area contributed by atoms with Crippen LogP contribution in [0.15, 0.2) is 0 Å². The van der Waals surface area contributed by atoms with Gasteiger partial charge in [0.15, 0.2) is 0 Å². The molecule has 1 rings (SSSR count). The van der Waals surface area contributed by atoms with Gasteiger partial charge in [0.1, 0.15) is 0 Å². The van der Waals surface area contributed by atoms with Crippen LogP contribution in [0.3, 0.4) is 0 Å². The highest BCUT2D eigenvalue weighted by atomic mass is 32.2. The van der Waals surface area contributed by atoms with E-state index < -0.39 is 10.0 Å². The van der Waals surface area contributed by atoms with Crippen LogP contribution >= 0.6 is 0 Å². The first-order chi connectivity index (χ1) is 10.1. The van der Waals surface area contributed by atoms with Gasteiger partial charge in [0.2, 0.25) is 10.0 Å². The lowest BCUT2D eigenvalue weighted by Gasteiger charge is -2.42. The Morgan fingerprint density at radius 1 is 0.870 bits per heavy atom. The van der Waals surface area contributed by atoms with E-state index in [1.807, 2.05) is 0 Å². The fourth-order valence-corrected chi connectivity index (χ4v) is 3.18. The van der Waals surface area contributed by atoms with Gasteiger partial charge in [-0.25, -0.2) is 8.42 Å². The van der Waals surface area contributed by atoms with Gasteiger partial charge >= 0.3 is 0 Å². The van der Waals surface area contributed by atoms with Crippen molar-refractivity contribution in [1.29, 1.82) is 0 Å². The Labute approximate surface area is 145 Å². The summed E-state index contributed by atoms with van der Waals surface area (Å²) in [6, 6.07) is 0. The molecule has 23 heavy (non-hydrogen) atoms. The van der Waals surface area contributed by atoms with E-state index in [9.17, 15) is 8.42 Å². The second kappa shape index (κ2) is 8.28. The average molecular weight is 350 g/mol. The summed E-state index contributed by atoms with van der Waals surface area (Å²) in [5.74, 6) is 0. The molecule has 0 aromatic rings. The van der Waals surface area contributed by atoms with Crippen LogP contribution in [0.5, 0.6) is 0 Å². The third-order valence-corrected chi connectivity index (χ3v) is 6.76. The van der Waals surface area contributed by atoms with Gasteiger partial charge in [-0.15, -0.1) is 0 Å². The molecule has 0 amide bonds. The number of hydrogen-bond donors (Lipinski definition) is 0. The number of nitrogens with zero attached hydrogens (tertiary/aromatic N) is 3. The molecule has 0 unspecified atom stereocenters. The Bertz CT molecular complexity index is 437. The fraction of sp³-hybridized carbons (Fsp3) is 1.00. The molecule has 5 nitrogen and oxygen atoms in total. The summed E-state index contributed by atoms with van der Waals surface area (Å²) in [5, 5.41) is -0.311. The smallest absolute Gasteiger partial charge is 0.216 e. The molecule has 0 radical (unpaired) electrons. The minimum atomic E-state index is -3.06. The number of hydrogen-bond acceptors (Lipinski definition) is 4. The summed E-state index contributed by atoms with van der Waals surface area (Å²) < 4.78 is 25.5. The van der Waals surface area contributed by atoms with Crippen LogP contribution in [0, 0.1) is 0 Å². The molecule has 1 aliphatic rings. The zero-order valence-corrected chi connectivity index (χ0v) is 17.8.